The van der Waals surface area contributed by atoms with Crippen molar-refractivity contribution in [1.82, 2.24) is 0 Å². The van der Waals surface area contributed by atoms with E-state index in [2.05, 4.69) is 6.58 Å². The molecule has 1 aliphatic heterocycles. The van der Waals surface area contributed by atoms with Gasteiger partial charge in [0.2, 0.25) is 0 Å². The molecule has 0 unspecified atom stereocenters. The molecule has 0 bridgehead atoms. The van der Waals surface area contributed by atoms with Crippen molar-refractivity contribution < 1.29 is 24.1 Å². The molecule has 1 N–H and O–H groups in total. The van der Waals surface area contributed by atoms with Crippen molar-refractivity contribution in [2.75, 3.05) is 13.7 Å². The van der Waals surface area contributed by atoms with Crippen LogP contribution >= 0.6 is 0 Å². The normalized spacial score (nSPS) is 22.4. The van der Waals surface area contributed by atoms with Gasteiger partial charge in [-0.15, -0.1) is 6.58 Å². The Morgan fingerprint density at radius 2 is 1.83 bits per heavy atom. The number of hydrogen-bond acceptors (Lipinski definition) is 5. The number of methoxy groups -OCH3 is 1. The fourth-order valence-electron chi connectivity index (χ4n) is 3.61. The molecule has 0 radical (unpaired) electrons. The predicted molar refractivity (Wildman–Crippen MR) is 116 cm³/mol. The molecule has 30 heavy (non-hydrogen) atoms. The van der Waals surface area contributed by atoms with Gasteiger partial charge in [0.15, 0.2) is 6.29 Å². The van der Waals surface area contributed by atoms with Gasteiger partial charge >= 0.3 is 0 Å². The van der Waals surface area contributed by atoms with Gasteiger partial charge in [0.05, 0.1) is 32.0 Å². The third-order valence-electron chi connectivity index (χ3n) is 5.22. The maximum atomic E-state index is 10.2. The van der Waals surface area contributed by atoms with Gasteiger partial charge in [-0.3, -0.25) is 0 Å². The molecule has 0 aromatic heterocycles. The monoisotopic (exact) mass is 412 g/mol. The molecule has 162 valence electrons. The number of aliphatic hydroxyl groups is 1. The average Bonchev–Trinajstić information content (AvgIpc) is 2.78. The lowest BCUT2D eigenvalue weighted by Crippen LogP contribution is -2.36. The molecule has 3 rings (SSSR count). The van der Waals surface area contributed by atoms with Gasteiger partial charge in [-0.1, -0.05) is 48.5 Å². The highest BCUT2D eigenvalue weighted by Crippen LogP contribution is 2.33. The molecule has 1 saturated heterocycles. The lowest BCUT2D eigenvalue weighted by molar-refractivity contribution is -0.254. The molecule has 2 aromatic carbocycles. The van der Waals surface area contributed by atoms with Gasteiger partial charge in [-0.25, -0.2) is 0 Å². The van der Waals surface area contributed by atoms with Crippen molar-refractivity contribution in [2.45, 2.75) is 56.9 Å². The van der Waals surface area contributed by atoms with Gasteiger partial charge in [0.1, 0.15) is 5.75 Å². The van der Waals surface area contributed by atoms with Crippen LogP contribution in [-0.2, 0) is 20.8 Å². The van der Waals surface area contributed by atoms with E-state index < -0.39 is 12.4 Å². The third kappa shape index (κ3) is 6.96. The minimum absolute atomic E-state index is 0.0146. The largest absolute Gasteiger partial charge is 0.497 e. The lowest BCUT2D eigenvalue weighted by Gasteiger charge is -2.36. The Kier molecular flexibility index (Phi) is 8.90. The first kappa shape index (κ1) is 22.5. The van der Waals surface area contributed by atoms with E-state index >= 15 is 0 Å². The summed E-state index contributed by atoms with van der Waals surface area (Å²) < 4.78 is 23.4. The molecule has 0 amide bonds. The van der Waals surface area contributed by atoms with Crippen LogP contribution in [0, 0.1) is 0 Å². The number of benzene rings is 2. The fourth-order valence-corrected chi connectivity index (χ4v) is 3.61. The summed E-state index contributed by atoms with van der Waals surface area (Å²) in [6, 6.07) is 17.8. The zero-order valence-corrected chi connectivity index (χ0v) is 17.6. The molecular formula is C25H32O5. The highest BCUT2D eigenvalue weighted by atomic mass is 16.7. The summed E-state index contributed by atoms with van der Waals surface area (Å²) in [7, 11) is 1.66. The van der Waals surface area contributed by atoms with E-state index in [1.165, 1.54) is 0 Å². The van der Waals surface area contributed by atoms with Gasteiger partial charge < -0.3 is 24.1 Å². The average molecular weight is 413 g/mol. The molecule has 1 heterocycles. The van der Waals surface area contributed by atoms with Crippen LogP contribution in [0.25, 0.3) is 0 Å². The Labute approximate surface area is 179 Å². The van der Waals surface area contributed by atoms with Gasteiger partial charge in [-0.2, -0.15) is 0 Å². The van der Waals surface area contributed by atoms with Crippen LogP contribution in [0.15, 0.2) is 67.3 Å². The summed E-state index contributed by atoms with van der Waals surface area (Å²) in [5.41, 5.74) is 2.10. The first-order chi connectivity index (χ1) is 14.7. The van der Waals surface area contributed by atoms with E-state index in [1.54, 1.807) is 13.2 Å². The summed E-state index contributed by atoms with van der Waals surface area (Å²) in [4.78, 5) is 0. The molecule has 5 heteroatoms. The van der Waals surface area contributed by atoms with Crippen LogP contribution in [0.3, 0.4) is 0 Å². The van der Waals surface area contributed by atoms with Crippen molar-refractivity contribution >= 4 is 0 Å². The zero-order chi connectivity index (χ0) is 21.2. The summed E-state index contributed by atoms with van der Waals surface area (Å²) in [6.45, 7) is 4.86. The van der Waals surface area contributed by atoms with Crippen molar-refractivity contribution in [2.24, 2.45) is 0 Å². The minimum Gasteiger partial charge on any atom is -0.497 e. The number of rotatable bonds is 11. The first-order valence-corrected chi connectivity index (χ1v) is 10.5. The number of ether oxygens (including phenoxy) is 4. The Hall–Kier alpha value is -2.18. The lowest BCUT2D eigenvalue weighted by atomic mass is 10.00. The number of aliphatic hydroxyl groups excluding tert-OH is 1. The molecule has 4 atom stereocenters. The molecule has 1 aliphatic rings. The van der Waals surface area contributed by atoms with Crippen LogP contribution in [0.1, 0.15) is 43.1 Å². The topological polar surface area (TPSA) is 57.2 Å². The van der Waals surface area contributed by atoms with Gasteiger partial charge in [0.25, 0.3) is 0 Å². The Morgan fingerprint density at radius 3 is 2.53 bits per heavy atom. The quantitative estimate of drug-likeness (QED) is 0.424. The highest BCUT2D eigenvalue weighted by molar-refractivity contribution is 5.26. The van der Waals surface area contributed by atoms with Crippen molar-refractivity contribution in [1.29, 1.82) is 0 Å². The van der Waals surface area contributed by atoms with Crippen LogP contribution < -0.4 is 4.74 Å². The zero-order valence-electron chi connectivity index (χ0n) is 17.6. The van der Waals surface area contributed by atoms with E-state index in [-0.39, 0.29) is 12.2 Å². The predicted octanol–water partition coefficient (Wildman–Crippen LogP) is 4.80. The van der Waals surface area contributed by atoms with Crippen molar-refractivity contribution in [3.63, 3.8) is 0 Å². The molecule has 0 saturated carbocycles. The molecule has 5 nitrogen and oxygen atoms in total. The van der Waals surface area contributed by atoms with Crippen LogP contribution in [-0.4, -0.2) is 37.1 Å². The fraction of sp³-hybridized carbons (Fsp3) is 0.440. The second-order valence-electron chi connectivity index (χ2n) is 7.60. The second kappa shape index (κ2) is 11.9. The molecule has 0 spiro atoms. The van der Waals surface area contributed by atoms with Gasteiger partial charge in [-0.05, 0) is 30.5 Å². The van der Waals surface area contributed by atoms with E-state index in [4.69, 9.17) is 18.9 Å². The molecular weight excluding hydrogens is 380 g/mol. The molecule has 2 aromatic rings. The van der Waals surface area contributed by atoms with Crippen molar-refractivity contribution in [3.05, 3.63) is 78.4 Å². The second-order valence-corrected chi connectivity index (χ2v) is 7.60. The minimum atomic E-state index is -0.450. The van der Waals surface area contributed by atoms with Gasteiger partial charge in [0, 0.05) is 25.0 Å². The summed E-state index contributed by atoms with van der Waals surface area (Å²) in [6.07, 6.45) is 3.46. The standard InChI is InChI=1S/C25H32O5/c1-3-7-21(26)16-24-17-23(29-25(30-24)20-8-5-4-6-9-20)14-15-28-18-19-10-12-22(27-2)13-11-19/h3-6,8-13,21,23-26H,1,7,14-18H2,2H3/t21-,23-,24+,25-/m0/s1. The number of hydrogen-bond donors (Lipinski definition) is 1. The summed E-state index contributed by atoms with van der Waals surface area (Å²) in [5.74, 6) is 0.839. The van der Waals surface area contributed by atoms with E-state index in [0.29, 0.717) is 26.1 Å². The Morgan fingerprint density at radius 1 is 1.10 bits per heavy atom. The van der Waals surface area contributed by atoms with Crippen LogP contribution in [0.5, 0.6) is 5.75 Å². The van der Waals surface area contributed by atoms with E-state index in [1.807, 2.05) is 54.6 Å². The Bertz CT molecular complexity index is 746. The third-order valence-corrected chi connectivity index (χ3v) is 5.22. The van der Waals surface area contributed by atoms with Crippen molar-refractivity contribution in [3.8, 4) is 5.75 Å². The Balaban J connectivity index is 1.52. The maximum absolute atomic E-state index is 10.2. The summed E-state index contributed by atoms with van der Waals surface area (Å²) >= 11 is 0. The SMILES string of the molecule is C=CC[C@H](O)C[C@@H]1C[C@H](CCOCc2ccc(OC)cc2)O[C@H](c2ccccc2)O1. The maximum Gasteiger partial charge on any atom is 0.184 e. The van der Waals surface area contributed by atoms with Crippen LogP contribution in [0.4, 0.5) is 0 Å². The first-order valence-electron chi connectivity index (χ1n) is 10.5. The van der Waals surface area contributed by atoms with Crippen LogP contribution in [0.2, 0.25) is 0 Å². The molecule has 0 aliphatic carbocycles. The molecule has 1 fully saturated rings. The summed E-state index contributed by atoms with van der Waals surface area (Å²) in [5, 5.41) is 10.2. The smallest absolute Gasteiger partial charge is 0.184 e. The highest BCUT2D eigenvalue weighted by Gasteiger charge is 2.31. The van der Waals surface area contributed by atoms with E-state index in [9.17, 15) is 5.11 Å². The van der Waals surface area contributed by atoms with E-state index in [0.717, 1.165) is 29.7 Å².